The van der Waals surface area contributed by atoms with Crippen LogP contribution < -0.4 is 0 Å². The van der Waals surface area contributed by atoms with Gasteiger partial charge < -0.3 is 4.74 Å². The van der Waals surface area contributed by atoms with E-state index in [0.29, 0.717) is 0 Å². The second kappa shape index (κ2) is 4.84. The normalized spacial score (nSPS) is 15.3. The lowest BCUT2D eigenvalue weighted by Gasteiger charge is -2.26. The Hall–Kier alpha value is -0.245. The van der Waals surface area contributed by atoms with E-state index >= 15 is 0 Å². The maximum absolute atomic E-state index is 11.3. The number of carbonyl (C=O) groups is 1. The third-order valence-corrected chi connectivity index (χ3v) is 2.47. The minimum absolute atomic E-state index is 0.134. The number of rotatable bonds is 3. The van der Waals surface area contributed by atoms with Crippen LogP contribution in [0.15, 0.2) is 10.6 Å². The van der Waals surface area contributed by atoms with Gasteiger partial charge in [0.1, 0.15) is 7.85 Å². The Kier molecular flexibility index (Phi) is 4.75. The Morgan fingerprint density at radius 1 is 1.62 bits per heavy atom. The number of hydrogen-bond donors (Lipinski definition) is 0. The van der Waals surface area contributed by atoms with Crippen molar-refractivity contribution in [1.29, 1.82) is 0 Å². The van der Waals surface area contributed by atoms with Crippen LogP contribution in [0.25, 0.3) is 0 Å². The van der Waals surface area contributed by atoms with E-state index in [-0.39, 0.29) is 17.2 Å². The van der Waals surface area contributed by atoms with Crippen molar-refractivity contribution in [3.63, 3.8) is 0 Å². The molecule has 0 amide bonds. The molecule has 0 saturated heterocycles. The average molecular weight is 247 g/mol. The highest BCUT2D eigenvalue weighted by molar-refractivity contribution is 9.11. The maximum Gasteiger partial charge on any atom is 0.301 e. The summed E-state index contributed by atoms with van der Waals surface area (Å²) in [5, 5.41) is 0. The van der Waals surface area contributed by atoms with Crippen LogP contribution in [0, 0.1) is 5.41 Å². The van der Waals surface area contributed by atoms with Gasteiger partial charge in [0.05, 0.1) is 7.11 Å². The second-order valence-corrected chi connectivity index (χ2v) is 5.05. The monoisotopic (exact) mass is 246 g/mol. The lowest BCUT2D eigenvalue weighted by molar-refractivity contribution is -0.142. The van der Waals surface area contributed by atoms with Gasteiger partial charge in [-0.15, -0.1) is 0 Å². The van der Waals surface area contributed by atoms with E-state index in [2.05, 4.69) is 15.9 Å². The Morgan fingerprint density at radius 3 is 2.38 bits per heavy atom. The molecule has 0 spiro atoms. The molecule has 0 aromatic heterocycles. The predicted molar refractivity (Wildman–Crippen MR) is 60.8 cm³/mol. The lowest BCUT2D eigenvalue weighted by atomic mass is 9.67. The summed E-state index contributed by atoms with van der Waals surface area (Å²) < 4.78 is 5.73. The summed E-state index contributed by atoms with van der Waals surface area (Å²) in [5.41, 5.74) is -0.180. The summed E-state index contributed by atoms with van der Waals surface area (Å²) >= 11 is 3.36. The summed E-state index contributed by atoms with van der Waals surface area (Å²) in [4.78, 5) is 11.3. The molecule has 0 N–H and O–H groups in total. The van der Waals surface area contributed by atoms with Crippen molar-refractivity contribution >= 4 is 29.7 Å². The molecule has 0 rings (SSSR count). The second-order valence-electron chi connectivity index (χ2n) is 3.80. The maximum atomic E-state index is 11.3. The van der Waals surface area contributed by atoms with Gasteiger partial charge >= 0.3 is 5.97 Å². The largest absolute Gasteiger partial charge is 0.469 e. The third-order valence-electron chi connectivity index (χ3n) is 2.24. The topological polar surface area (TPSA) is 26.3 Å². The molecule has 0 radical (unpaired) electrons. The van der Waals surface area contributed by atoms with Crippen molar-refractivity contribution in [3.05, 3.63) is 10.6 Å². The quantitative estimate of drug-likeness (QED) is 0.562. The molecule has 0 aliphatic carbocycles. The minimum Gasteiger partial charge on any atom is -0.469 e. The highest BCUT2D eigenvalue weighted by atomic mass is 79.9. The Labute approximate surface area is 89.3 Å². The van der Waals surface area contributed by atoms with E-state index in [4.69, 9.17) is 4.74 Å². The Morgan fingerprint density at radius 2 is 2.08 bits per heavy atom. The first-order valence-electron chi connectivity index (χ1n) is 4.24. The fraction of sp³-hybridized carbons (Fsp3) is 0.667. The number of hydrogen-bond acceptors (Lipinski definition) is 2. The first kappa shape index (κ1) is 12.8. The van der Waals surface area contributed by atoms with Gasteiger partial charge in [0.25, 0.3) is 0 Å². The number of methoxy groups -OCH3 is 1. The number of halogens is 1. The van der Waals surface area contributed by atoms with Crippen LogP contribution in [0.4, 0.5) is 0 Å². The number of ether oxygens (including phenoxy) is 1. The number of esters is 1. The third kappa shape index (κ3) is 3.98. The van der Waals surface area contributed by atoms with E-state index in [1.807, 2.05) is 34.7 Å². The van der Waals surface area contributed by atoms with Crippen molar-refractivity contribution in [2.75, 3.05) is 7.11 Å². The zero-order valence-electron chi connectivity index (χ0n) is 8.85. The molecule has 0 aliphatic heterocycles. The fourth-order valence-electron chi connectivity index (χ4n) is 1.12. The lowest BCUT2D eigenvalue weighted by Crippen LogP contribution is -2.25. The molecule has 0 fully saturated rings. The number of carbonyl (C=O) groups excluding carboxylic acids is 1. The SMILES string of the molecule is BC(C(=O)OC)C(C)(C)/C=C(\C)Br. The zero-order valence-corrected chi connectivity index (χ0v) is 10.4. The summed E-state index contributed by atoms with van der Waals surface area (Å²) in [7, 11) is 3.29. The van der Waals surface area contributed by atoms with Crippen LogP contribution in [-0.4, -0.2) is 20.9 Å². The highest BCUT2D eigenvalue weighted by Crippen LogP contribution is 2.33. The predicted octanol–water partition coefficient (Wildman–Crippen LogP) is 1.91. The molecule has 0 aromatic carbocycles. The van der Waals surface area contributed by atoms with Gasteiger partial charge in [-0.1, -0.05) is 35.9 Å². The Bertz CT molecular complexity index is 220. The summed E-state index contributed by atoms with van der Waals surface area (Å²) in [6, 6.07) is 0. The van der Waals surface area contributed by atoms with Crippen molar-refractivity contribution in [3.8, 4) is 0 Å². The summed E-state index contributed by atoms with van der Waals surface area (Å²) in [6.07, 6.45) is 2.02. The molecule has 13 heavy (non-hydrogen) atoms. The van der Waals surface area contributed by atoms with Crippen LogP contribution in [0.3, 0.4) is 0 Å². The fourth-order valence-corrected chi connectivity index (χ4v) is 1.71. The molecule has 0 bridgehead atoms. The molecule has 1 unspecified atom stereocenters. The van der Waals surface area contributed by atoms with Gasteiger partial charge in [0.15, 0.2) is 0 Å². The summed E-state index contributed by atoms with van der Waals surface area (Å²) in [6.45, 7) is 5.98. The van der Waals surface area contributed by atoms with E-state index in [9.17, 15) is 4.79 Å². The van der Waals surface area contributed by atoms with Crippen molar-refractivity contribution in [1.82, 2.24) is 0 Å². The zero-order chi connectivity index (χ0) is 10.6. The van der Waals surface area contributed by atoms with Crippen molar-refractivity contribution in [2.24, 2.45) is 5.41 Å². The smallest absolute Gasteiger partial charge is 0.301 e. The van der Waals surface area contributed by atoms with Crippen molar-refractivity contribution < 1.29 is 9.53 Å². The molecule has 0 heterocycles. The van der Waals surface area contributed by atoms with Crippen molar-refractivity contribution in [2.45, 2.75) is 26.6 Å². The number of allylic oxidation sites excluding steroid dienone is 2. The van der Waals surface area contributed by atoms with Gasteiger partial charge in [-0.05, 0) is 16.8 Å². The summed E-state index contributed by atoms with van der Waals surface area (Å²) in [5.74, 6) is -0.306. The highest BCUT2D eigenvalue weighted by Gasteiger charge is 2.29. The molecule has 74 valence electrons. The van der Waals surface area contributed by atoms with E-state index in [1.165, 1.54) is 7.11 Å². The molecule has 1 atom stereocenters. The van der Waals surface area contributed by atoms with E-state index < -0.39 is 0 Å². The van der Waals surface area contributed by atoms with Crippen LogP contribution in [0.1, 0.15) is 20.8 Å². The van der Waals surface area contributed by atoms with E-state index in [1.54, 1.807) is 0 Å². The van der Waals surface area contributed by atoms with Crippen LogP contribution in [0.5, 0.6) is 0 Å². The standard InChI is InChI=1S/C9H16BBrO2/c1-6(11)5-9(2,3)7(10)8(12)13-4/h5,7H,10H2,1-4H3/b6-5+. The first-order valence-corrected chi connectivity index (χ1v) is 5.03. The molecular weight excluding hydrogens is 231 g/mol. The minimum atomic E-state index is -0.180. The molecule has 0 aromatic rings. The van der Waals surface area contributed by atoms with Crippen LogP contribution >= 0.6 is 15.9 Å². The van der Waals surface area contributed by atoms with Gasteiger partial charge in [0.2, 0.25) is 0 Å². The molecule has 0 aliphatic rings. The first-order chi connectivity index (χ1) is 5.81. The van der Waals surface area contributed by atoms with E-state index in [0.717, 1.165) is 4.48 Å². The molecule has 4 heteroatoms. The molecule has 0 saturated carbocycles. The molecule has 2 nitrogen and oxygen atoms in total. The van der Waals surface area contributed by atoms with Crippen LogP contribution in [-0.2, 0) is 9.53 Å². The van der Waals surface area contributed by atoms with Gasteiger partial charge in [-0.25, -0.2) is 0 Å². The Balaban J connectivity index is 4.63. The molecular formula is C9H16BBrO2. The van der Waals surface area contributed by atoms with Crippen LogP contribution in [0.2, 0.25) is 5.82 Å². The van der Waals surface area contributed by atoms with Gasteiger partial charge in [-0.2, -0.15) is 0 Å². The average Bonchev–Trinajstić information content (AvgIpc) is 1.99. The van der Waals surface area contributed by atoms with Gasteiger partial charge in [0, 0.05) is 5.82 Å². The van der Waals surface area contributed by atoms with Gasteiger partial charge in [-0.3, -0.25) is 4.79 Å².